The normalized spacial score (nSPS) is 10.2. The van der Waals surface area contributed by atoms with Crippen molar-refractivity contribution in [1.82, 2.24) is 15.0 Å². The van der Waals surface area contributed by atoms with Gasteiger partial charge in [-0.1, -0.05) is 30.3 Å². The molecule has 112 valence electrons. The van der Waals surface area contributed by atoms with Crippen LogP contribution in [-0.2, 0) is 6.54 Å². The van der Waals surface area contributed by atoms with E-state index >= 15 is 0 Å². The molecule has 0 saturated heterocycles. The highest BCUT2D eigenvalue weighted by Crippen LogP contribution is 2.16. The minimum atomic E-state index is 0.346. The lowest BCUT2D eigenvalue weighted by atomic mass is 10.2. The Hall–Kier alpha value is -2.37. The van der Waals surface area contributed by atoms with Gasteiger partial charge in [0.1, 0.15) is 0 Å². The third-order valence-electron chi connectivity index (χ3n) is 2.82. The van der Waals surface area contributed by atoms with Gasteiger partial charge < -0.3 is 15.0 Å². The Morgan fingerprint density at radius 1 is 1.10 bits per heavy atom. The minimum Gasteiger partial charge on any atom is -0.464 e. The molecule has 0 aliphatic heterocycles. The number of aromatic nitrogens is 3. The molecule has 2 aromatic rings. The molecule has 0 unspecified atom stereocenters. The number of nitrogens with one attached hydrogen (secondary N) is 1. The number of benzene rings is 1. The van der Waals surface area contributed by atoms with E-state index in [0.29, 0.717) is 24.5 Å². The molecule has 0 aliphatic rings. The fraction of sp³-hybridized carbons (Fsp3) is 0.400. The second-order valence-corrected chi connectivity index (χ2v) is 4.55. The van der Waals surface area contributed by atoms with Crippen LogP contribution >= 0.6 is 0 Å². The van der Waals surface area contributed by atoms with Crippen LogP contribution in [0.3, 0.4) is 0 Å². The number of ether oxygens (including phenoxy) is 1. The summed E-state index contributed by atoms with van der Waals surface area (Å²) in [5.41, 5.74) is 1.20. The molecule has 0 saturated carbocycles. The van der Waals surface area contributed by atoms with Gasteiger partial charge in [-0.15, -0.1) is 0 Å². The molecule has 1 heterocycles. The zero-order valence-electron chi connectivity index (χ0n) is 12.7. The van der Waals surface area contributed by atoms with Crippen molar-refractivity contribution in [1.29, 1.82) is 0 Å². The summed E-state index contributed by atoms with van der Waals surface area (Å²) in [7, 11) is 1.95. The van der Waals surface area contributed by atoms with E-state index < -0.39 is 0 Å². The molecule has 1 N–H and O–H groups in total. The summed E-state index contributed by atoms with van der Waals surface area (Å²) in [4.78, 5) is 14.9. The number of rotatable bonds is 7. The summed E-state index contributed by atoms with van der Waals surface area (Å²) >= 11 is 0. The summed E-state index contributed by atoms with van der Waals surface area (Å²) in [6, 6.07) is 10.5. The first-order chi connectivity index (χ1) is 10.2. The van der Waals surface area contributed by atoms with E-state index in [9.17, 15) is 0 Å². The Kier molecular flexibility index (Phi) is 5.31. The van der Waals surface area contributed by atoms with Crippen molar-refractivity contribution in [2.45, 2.75) is 20.4 Å². The topological polar surface area (TPSA) is 63.2 Å². The van der Waals surface area contributed by atoms with Crippen LogP contribution in [0, 0.1) is 0 Å². The number of nitrogens with zero attached hydrogens (tertiary/aromatic N) is 4. The second kappa shape index (κ2) is 7.42. The maximum atomic E-state index is 5.40. The maximum Gasteiger partial charge on any atom is 0.323 e. The summed E-state index contributed by atoms with van der Waals surface area (Å²) < 4.78 is 5.40. The zero-order valence-corrected chi connectivity index (χ0v) is 12.7. The van der Waals surface area contributed by atoms with Gasteiger partial charge in [0.05, 0.1) is 6.61 Å². The Morgan fingerprint density at radius 3 is 2.52 bits per heavy atom. The predicted molar refractivity (Wildman–Crippen MR) is 83.7 cm³/mol. The van der Waals surface area contributed by atoms with Crippen LogP contribution in [0.5, 0.6) is 6.01 Å². The average Bonchev–Trinajstić information content (AvgIpc) is 2.49. The van der Waals surface area contributed by atoms with Crippen LogP contribution in [0.25, 0.3) is 0 Å². The SMILES string of the molecule is CCNc1nc(OCC)nc(N(C)Cc2ccccc2)n1. The van der Waals surface area contributed by atoms with Gasteiger partial charge >= 0.3 is 6.01 Å². The van der Waals surface area contributed by atoms with E-state index in [0.717, 1.165) is 13.1 Å². The summed E-state index contributed by atoms with van der Waals surface area (Å²) in [5, 5.41) is 3.10. The lowest BCUT2D eigenvalue weighted by Crippen LogP contribution is -2.20. The van der Waals surface area contributed by atoms with E-state index in [1.807, 2.05) is 44.0 Å². The van der Waals surface area contributed by atoms with E-state index in [2.05, 4.69) is 32.4 Å². The fourth-order valence-corrected chi connectivity index (χ4v) is 1.88. The monoisotopic (exact) mass is 287 g/mol. The van der Waals surface area contributed by atoms with E-state index in [4.69, 9.17) is 4.74 Å². The quantitative estimate of drug-likeness (QED) is 0.843. The third kappa shape index (κ3) is 4.30. The molecule has 6 heteroatoms. The highest BCUT2D eigenvalue weighted by molar-refractivity contribution is 5.38. The van der Waals surface area contributed by atoms with E-state index in [-0.39, 0.29) is 0 Å². The molecular formula is C15H21N5O. The van der Waals surface area contributed by atoms with E-state index in [1.54, 1.807) is 0 Å². The van der Waals surface area contributed by atoms with Gasteiger partial charge in [-0.2, -0.15) is 15.0 Å². The van der Waals surface area contributed by atoms with Crippen LogP contribution < -0.4 is 15.0 Å². The lowest BCUT2D eigenvalue weighted by Gasteiger charge is -2.18. The Labute approximate surface area is 125 Å². The van der Waals surface area contributed by atoms with Crippen LogP contribution in [0.1, 0.15) is 19.4 Å². The van der Waals surface area contributed by atoms with Gasteiger partial charge in [-0.05, 0) is 19.4 Å². The van der Waals surface area contributed by atoms with Gasteiger partial charge in [0.15, 0.2) is 0 Å². The summed E-state index contributed by atoms with van der Waals surface area (Å²) in [5.74, 6) is 1.12. The van der Waals surface area contributed by atoms with Crippen molar-refractivity contribution in [3.8, 4) is 6.01 Å². The molecule has 0 atom stereocenters. The smallest absolute Gasteiger partial charge is 0.323 e. The molecule has 0 fully saturated rings. The molecule has 21 heavy (non-hydrogen) atoms. The highest BCUT2D eigenvalue weighted by Gasteiger charge is 2.11. The molecule has 2 rings (SSSR count). The first-order valence-corrected chi connectivity index (χ1v) is 7.10. The zero-order chi connectivity index (χ0) is 15.1. The highest BCUT2D eigenvalue weighted by atomic mass is 16.5. The van der Waals surface area contributed by atoms with Crippen molar-refractivity contribution in [3.05, 3.63) is 35.9 Å². The first kappa shape index (κ1) is 15.0. The van der Waals surface area contributed by atoms with Crippen molar-refractivity contribution in [2.24, 2.45) is 0 Å². The van der Waals surface area contributed by atoms with Gasteiger partial charge in [0.2, 0.25) is 11.9 Å². The van der Waals surface area contributed by atoms with Crippen LogP contribution in [0.2, 0.25) is 0 Å². The van der Waals surface area contributed by atoms with E-state index in [1.165, 1.54) is 5.56 Å². The fourth-order valence-electron chi connectivity index (χ4n) is 1.88. The molecule has 0 bridgehead atoms. The summed E-state index contributed by atoms with van der Waals surface area (Å²) in [6.45, 7) is 5.90. The molecule has 1 aromatic heterocycles. The van der Waals surface area contributed by atoms with Crippen molar-refractivity contribution in [2.75, 3.05) is 30.4 Å². The number of hydrogen-bond acceptors (Lipinski definition) is 6. The second-order valence-electron chi connectivity index (χ2n) is 4.55. The van der Waals surface area contributed by atoms with Gasteiger partial charge in [0, 0.05) is 20.1 Å². The first-order valence-electron chi connectivity index (χ1n) is 7.10. The molecule has 6 nitrogen and oxygen atoms in total. The van der Waals surface area contributed by atoms with Crippen molar-refractivity contribution < 1.29 is 4.74 Å². The standard InChI is InChI=1S/C15H21N5O/c1-4-16-13-17-14(19-15(18-13)21-5-2)20(3)11-12-9-7-6-8-10-12/h6-10H,4-5,11H2,1-3H3,(H,16,17,18,19). The number of anilines is 2. The van der Waals surface area contributed by atoms with Crippen LogP contribution in [0.15, 0.2) is 30.3 Å². The van der Waals surface area contributed by atoms with Crippen LogP contribution in [0.4, 0.5) is 11.9 Å². The minimum absolute atomic E-state index is 0.346. The molecule has 0 amide bonds. The van der Waals surface area contributed by atoms with Gasteiger partial charge in [-0.3, -0.25) is 0 Å². The van der Waals surface area contributed by atoms with Gasteiger partial charge in [0.25, 0.3) is 0 Å². The van der Waals surface area contributed by atoms with Crippen molar-refractivity contribution in [3.63, 3.8) is 0 Å². The summed E-state index contributed by atoms with van der Waals surface area (Å²) in [6.07, 6.45) is 0. The lowest BCUT2D eigenvalue weighted by molar-refractivity contribution is 0.312. The Morgan fingerprint density at radius 2 is 1.86 bits per heavy atom. The molecule has 0 aliphatic carbocycles. The maximum absolute atomic E-state index is 5.40. The van der Waals surface area contributed by atoms with Crippen molar-refractivity contribution >= 4 is 11.9 Å². The predicted octanol–water partition coefficient (Wildman–Crippen LogP) is 2.34. The molecule has 0 radical (unpaired) electrons. The average molecular weight is 287 g/mol. The third-order valence-corrected chi connectivity index (χ3v) is 2.82. The molecular weight excluding hydrogens is 266 g/mol. The molecule has 0 spiro atoms. The Bertz CT molecular complexity index is 537. The number of hydrogen-bond donors (Lipinski definition) is 1. The Balaban J connectivity index is 2.20. The van der Waals surface area contributed by atoms with Gasteiger partial charge in [-0.25, -0.2) is 0 Å². The van der Waals surface area contributed by atoms with Crippen LogP contribution in [-0.4, -0.2) is 35.2 Å². The largest absolute Gasteiger partial charge is 0.464 e. The molecule has 1 aromatic carbocycles.